The maximum Gasteiger partial charge on any atom is 0.256 e. The van der Waals surface area contributed by atoms with Crippen LogP contribution in [0.4, 0.5) is 0 Å². The average molecular weight is 324 g/mol. The maximum atomic E-state index is 12.5. The molecule has 7 heteroatoms. The molecule has 0 unspecified atom stereocenters. The van der Waals surface area contributed by atoms with Crippen LogP contribution in [0.25, 0.3) is 5.65 Å². The highest BCUT2D eigenvalue weighted by Crippen LogP contribution is 2.15. The van der Waals surface area contributed by atoms with Crippen molar-refractivity contribution in [2.24, 2.45) is 7.05 Å². The monoisotopic (exact) mass is 324 g/mol. The van der Waals surface area contributed by atoms with Crippen molar-refractivity contribution in [1.82, 2.24) is 29.0 Å². The van der Waals surface area contributed by atoms with Crippen LogP contribution < -0.4 is 5.56 Å². The van der Waals surface area contributed by atoms with Crippen molar-refractivity contribution in [2.45, 2.75) is 26.3 Å². The summed E-state index contributed by atoms with van der Waals surface area (Å²) in [7, 11) is 1.79. The van der Waals surface area contributed by atoms with Crippen LogP contribution in [0.1, 0.15) is 22.6 Å². The van der Waals surface area contributed by atoms with Crippen LogP contribution >= 0.6 is 0 Å². The zero-order chi connectivity index (χ0) is 16.7. The maximum absolute atomic E-state index is 12.5. The van der Waals surface area contributed by atoms with Gasteiger partial charge < -0.3 is 0 Å². The van der Waals surface area contributed by atoms with E-state index >= 15 is 0 Å². The molecule has 0 radical (unpaired) electrons. The predicted molar refractivity (Wildman–Crippen MR) is 89.9 cm³/mol. The molecular weight excluding hydrogens is 304 g/mol. The fraction of sp³-hybridized carbons (Fsp3) is 0.412. The lowest BCUT2D eigenvalue weighted by Gasteiger charge is -2.18. The Balaban J connectivity index is 1.58. The Kier molecular flexibility index (Phi) is 3.65. The first-order valence-corrected chi connectivity index (χ1v) is 8.18. The topological polar surface area (TPSA) is 68.3 Å². The van der Waals surface area contributed by atoms with Crippen LogP contribution in [0.5, 0.6) is 0 Å². The fourth-order valence-corrected chi connectivity index (χ4v) is 3.30. The normalized spacial score (nSPS) is 15.4. The van der Waals surface area contributed by atoms with Crippen LogP contribution in [0, 0.1) is 6.92 Å². The minimum atomic E-state index is 0.0944. The quantitative estimate of drug-likeness (QED) is 0.695. The lowest BCUT2D eigenvalue weighted by atomic mass is 10.1. The molecule has 0 fully saturated rings. The molecule has 0 amide bonds. The Hall–Kier alpha value is -2.54. The second-order valence-electron chi connectivity index (χ2n) is 6.28. The van der Waals surface area contributed by atoms with E-state index in [1.165, 1.54) is 0 Å². The molecule has 0 N–H and O–H groups in total. The van der Waals surface area contributed by atoms with E-state index in [0.717, 1.165) is 60.8 Å². The smallest absolute Gasteiger partial charge is 0.256 e. The van der Waals surface area contributed by atoms with Gasteiger partial charge in [-0.1, -0.05) is 0 Å². The third-order valence-corrected chi connectivity index (χ3v) is 4.78. The molecule has 1 aliphatic heterocycles. The summed E-state index contributed by atoms with van der Waals surface area (Å²) in [4.78, 5) is 23.9. The highest BCUT2D eigenvalue weighted by atomic mass is 16.1. The van der Waals surface area contributed by atoms with Crippen molar-refractivity contribution >= 4 is 5.65 Å². The summed E-state index contributed by atoms with van der Waals surface area (Å²) in [5.74, 6) is 0.777. The Morgan fingerprint density at radius 3 is 2.96 bits per heavy atom. The van der Waals surface area contributed by atoms with Crippen molar-refractivity contribution in [2.75, 3.05) is 13.1 Å². The van der Waals surface area contributed by atoms with Gasteiger partial charge in [-0.3, -0.25) is 14.3 Å². The van der Waals surface area contributed by atoms with E-state index in [2.05, 4.69) is 20.0 Å². The molecule has 124 valence electrons. The third-order valence-electron chi connectivity index (χ3n) is 4.78. The summed E-state index contributed by atoms with van der Waals surface area (Å²) >= 11 is 0. The molecule has 0 spiro atoms. The van der Waals surface area contributed by atoms with Gasteiger partial charge in [0.2, 0.25) is 0 Å². The van der Waals surface area contributed by atoms with Crippen molar-refractivity contribution in [1.29, 1.82) is 0 Å². The minimum Gasteiger partial charge on any atom is -0.300 e. The Labute approximate surface area is 139 Å². The van der Waals surface area contributed by atoms with Crippen LogP contribution in [-0.2, 0) is 26.4 Å². The van der Waals surface area contributed by atoms with Gasteiger partial charge in [0, 0.05) is 56.6 Å². The number of rotatable bonds is 2. The predicted octanol–water partition coefficient (Wildman–Crippen LogP) is 0.732. The first-order chi connectivity index (χ1) is 11.6. The standard InChI is InChI=1S/C17H20N6O/c1-12-20-15-5-9-22(8-4-14(15)17(24)21(12)2)11-13-10-19-23-7-3-6-18-16(13)23/h3,6-7,10H,4-5,8-9,11H2,1-2H3. The lowest BCUT2D eigenvalue weighted by molar-refractivity contribution is 0.279. The molecule has 3 aromatic heterocycles. The number of hydrogen-bond donors (Lipinski definition) is 0. The van der Waals surface area contributed by atoms with Gasteiger partial charge in [-0.05, 0) is 19.4 Å². The van der Waals surface area contributed by atoms with E-state index in [4.69, 9.17) is 0 Å². The molecule has 0 saturated carbocycles. The number of aryl methyl sites for hydroxylation is 1. The molecule has 0 atom stereocenters. The minimum absolute atomic E-state index is 0.0944. The van der Waals surface area contributed by atoms with Gasteiger partial charge in [0.05, 0.1) is 11.9 Å². The summed E-state index contributed by atoms with van der Waals surface area (Å²) in [6.07, 6.45) is 7.11. The van der Waals surface area contributed by atoms with Crippen molar-refractivity contribution < 1.29 is 0 Å². The second-order valence-corrected chi connectivity index (χ2v) is 6.28. The Morgan fingerprint density at radius 1 is 1.25 bits per heavy atom. The third kappa shape index (κ3) is 2.50. The Bertz CT molecular complexity index is 957. The van der Waals surface area contributed by atoms with E-state index in [1.807, 2.05) is 25.4 Å². The summed E-state index contributed by atoms with van der Waals surface area (Å²) < 4.78 is 3.44. The van der Waals surface area contributed by atoms with Crippen LogP contribution in [0.15, 0.2) is 29.5 Å². The largest absolute Gasteiger partial charge is 0.300 e. The summed E-state index contributed by atoms with van der Waals surface area (Å²) in [6, 6.07) is 1.87. The summed E-state index contributed by atoms with van der Waals surface area (Å²) in [6.45, 7) is 4.40. The zero-order valence-corrected chi connectivity index (χ0v) is 13.9. The van der Waals surface area contributed by atoms with Gasteiger partial charge in [0.1, 0.15) is 5.82 Å². The molecule has 4 heterocycles. The molecule has 4 rings (SSSR count). The van der Waals surface area contributed by atoms with E-state index < -0.39 is 0 Å². The van der Waals surface area contributed by atoms with E-state index in [0.29, 0.717) is 0 Å². The van der Waals surface area contributed by atoms with Crippen LogP contribution in [-0.4, -0.2) is 42.1 Å². The van der Waals surface area contributed by atoms with E-state index in [-0.39, 0.29) is 5.56 Å². The van der Waals surface area contributed by atoms with Gasteiger partial charge in [0.15, 0.2) is 5.65 Å². The van der Waals surface area contributed by atoms with Gasteiger partial charge in [-0.25, -0.2) is 14.5 Å². The lowest BCUT2D eigenvalue weighted by Crippen LogP contribution is -2.28. The van der Waals surface area contributed by atoms with E-state index in [1.54, 1.807) is 22.3 Å². The number of aromatic nitrogens is 5. The highest BCUT2D eigenvalue weighted by Gasteiger charge is 2.20. The zero-order valence-electron chi connectivity index (χ0n) is 13.9. The Morgan fingerprint density at radius 2 is 2.08 bits per heavy atom. The van der Waals surface area contributed by atoms with Gasteiger partial charge in [-0.2, -0.15) is 5.10 Å². The number of fused-ring (bicyclic) bond motifs is 2. The van der Waals surface area contributed by atoms with Crippen LogP contribution in [0.2, 0.25) is 0 Å². The van der Waals surface area contributed by atoms with Gasteiger partial charge >= 0.3 is 0 Å². The first kappa shape index (κ1) is 15.0. The fourth-order valence-electron chi connectivity index (χ4n) is 3.30. The first-order valence-electron chi connectivity index (χ1n) is 8.18. The van der Waals surface area contributed by atoms with Crippen molar-refractivity contribution in [3.63, 3.8) is 0 Å². The molecule has 3 aromatic rings. The SMILES string of the molecule is Cc1nc2c(c(=O)n1C)CCN(Cc1cnn3cccnc13)CC2. The second kappa shape index (κ2) is 5.83. The molecule has 0 saturated heterocycles. The van der Waals surface area contributed by atoms with Crippen molar-refractivity contribution in [3.05, 3.63) is 57.7 Å². The molecule has 0 bridgehead atoms. The van der Waals surface area contributed by atoms with Crippen LogP contribution in [0.3, 0.4) is 0 Å². The highest BCUT2D eigenvalue weighted by molar-refractivity contribution is 5.45. The molecule has 7 nitrogen and oxygen atoms in total. The average Bonchev–Trinajstić information content (AvgIpc) is 2.88. The van der Waals surface area contributed by atoms with E-state index in [9.17, 15) is 4.79 Å². The molecule has 0 aromatic carbocycles. The summed E-state index contributed by atoms with van der Waals surface area (Å²) in [5, 5.41) is 4.35. The number of nitrogens with zero attached hydrogens (tertiary/aromatic N) is 6. The van der Waals surface area contributed by atoms with Gasteiger partial charge in [0.25, 0.3) is 5.56 Å². The number of hydrogen-bond acceptors (Lipinski definition) is 5. The molecule has 0 aliphatic carbocycles. The van der Waals surface area contributed by atoms with Crippen molar-refractivity contribution in [3.8, 4) is 0 Å². The molecular formula is C17H20N6O. The molecule has 1 aliphatic rings. The summed E-state index contributed by atoms with van der Waals surface area (Å²) in [5.41, 5.74) is 3.92. The molecule has 24 heavy (non-hydrogen) atoms. The van der Waals surface area contributed by atoms with Gasteiger partial charge in [-0.15, -0.1) is 0 Å².